The summed E-state index contributed by atoms with van der Waals surface area (Å²) in [5.74, 6) is 0. The Morgan fingerprint density at radius 3 is 2.89 bits per heavy atom. The Hall–Kier alpha value is -1.06. The van der Waals surface area contributed by atoms with Crippen LogP contribution in [0.15, 0.2) is 24.5 Å². The van der Waals surface area contributed by atoms with Gasteiger partial charge in [0.2, 0.25) is 0 Å². The largest absolute Gasteiger partial charge is 0.311 e. The number of imidazole rings is 1. The highest BCUT2D eigenvalue weighted by atomic mass is 35.5. The van der Waals surface area contributed by atoms with E-state index in [-0.39, 0.29) is 0 Å². The molecular formula is C15H20ClN3. The average Bonchev–Trinajstić information content (AvgIpc) is 2.74. The molecule has 0 bridgehead atoms. The van der Waals surface area contributed by atoms with Gasteiger partial charge in [0.1, 0.15) is 5.65 Å². The number of aromatic nitrogens is 2. The van der Waals surface area contributed by atoms with Gasteiger partial charge in [0.15, 0.2) is 0 Å². The summed E-state index contributed by atoms with van der Waals surface area (Å²) < 4.78 is 1.98. The second-order valence-electron chi connectivity index (χ2n) is 5.66. The average molecular weight is 278 g/mol. The molecule has 0 amide bonds. The van der Waals surface area contributed by atoms with E-state index in [4.69, 9.17) is 11.6 Å². The number of hydrogen-bond donors (Lipinski definition) is 1. The van der Waals surface area contributed by atoms with Crippen molar-refractivity contribution in [2.24, 2.45) is 5.41 Å². The van der Waals surface area contributed by atoms with E-state index < -0.39 is 0 Å². The van der Waals surface area contributed by atoms with Crippen LogP contribution in [0.5, 0.6) is 0 Å². The van der Waals surface area contributed by atoms with Gasteiger partial charge in [-0.3, -0.25) is 0 Å². The molecule has 0 radical (unpaired) electrons. The zero-order valence-corrected chi connectivity index (χ0v) is 12.1. The predicted molar refractivity (Wildman–Crippen MR) is 78.5 cm³/mol. The first-order chi connectivity index (χ1) is 9.21. The Labute approximate surface area is 119 Å². The minimum Gasteiger partial charge on any atom is -0.311 e. The third-order valence-corrected chi connectivity index (χ3v) is 4.66. The molecule has 3 nitrogen and oxygen atoms in total. The Bertz CT molecular complexity index is 566. The SMILES string of the molecule is CCC1(CNCc2cn3cc(Cl)ccc3n2)CCC1. The molecular weight excluding hydrogens is 258 g/mol. The van der Waals surface area contributed by atoms with Crippen LogP contribution in [0.25, 0.3) is 5.65 Å². The molecule has 3 rings (SSSR count). The summed E-state index contributed by atoms with van der Waals surface area (Å²) in [5, 5.41) is 4.30. The van der Waals surface area contributed by atoms with E-state index in [0.717, 1.165) is 29.5 Å². The molecule has 0 atom stereocenters. The van der Waals surface area contributed by atoms with E-state index in [1.54, 1.807) is 0 Å². The van der Waals surface area contributed by atoms with E-state index in [9.17, 15) is 0 Å². The molecule has 4 heteroatoms. The third-order valence-electron chi connectivity index (χ3n) is 4.44. The fraction of sp³-hybridized carbons (Fsp3) is 0.533. The number of nitrogens with one attached hydrogen (secondary N) is 1. The summed E-state index contributed by atoms with van der Waals surface area (Å²) >= 11 is 5.97. The van der Waals surface area contributed by atoms with Crippen molar-refractivity contribution in [3.8, 4) is 0 Å². The van der Waals surface area contributed by atoms with Crippen LogP contribution < -0.4 is 5.32 Å². The van der Waals surface area contributed by atoms with Gasteiger partial charge in [-0.15, -0.1) is 0 Å². The van der Waals surface area contributed by atoms with Crippen LogP contribution in [0.4, 0.5) is 0 Å². The lowest BCUT2D eigenvalue weighted by Crippen LogP contribution is -2.39. The van der Waals surface area contributed by atoms with Crippen LogP contribution in [0.3, 0.4) is 0 Å². The van der Waals surface area contributed by atoms with Crippen LogP contribution >= 0.6 is 11.6 Å². The Balaban J connectivity index is 1.62. The summed E-state index contributed by atoms with van der Waals surface area (Å²) in [7, 11) is 0. The van der Waals surface area contributed by atoms with Crippen LogP contribution in [-0.2, 0) is 6.54 Å². The van der Waals surface area contributed by atoms with Gasteiger partial charge >= 0.3 is 0 Å². The Morgan fingerprint density at radius 2 is 2.21 bits per heavy atom. The molecule has 1 saturated carbocycles. The molecule has 0 aromatic carbocycles. The lowest BCUT2D eigenvalue weighted by Gasteiger charge is -2.41. The standard InChI is InChI=1S/C15H20ClN3/c1-2-15(6-3-7-15)11-17-8-13-10-19-9-12(16)4-5-14(19)18-13/h4-5,9-10,17H,2-3,6-8,11H2,1H3. The molecule has 0 aliphatic heterocycles. The molecule has 2 heterocycles. The maximum absolute atomic E-state index is 5.97. The van der Waals surface area contributed by atoms with Crippen molar-refractivity contribution in [3.63, 3.8) is 0 Å². The number of rotatable bonds is 5. The zero-order chi connectivity index (χ0) is 13.3. The fourth-order valence-electron chi connectivity index (χ4n) is 2.89. The third kappa shape index (κ3) is 2.63. The van der Waals surface area contributed by atoms with Gasteiger partial charge in [-0.1, -0.05) is 24.9 Å². The second-order valence-corrected chi connectivity index (χ2v) is 6.09. The van der Waals surface area contributed by atoms with E-state index in [2.05, 4.69) is 17.2 Å². The molecule has 19 heavy (non-hydrogen) atoms. The van der Waals surface area contributed by atoms with Gasteiger partial charge < -0.3 is 9.72 Å². The van der Waals surface area contributed by atoms with Gasteiger partial charge in [-0.05, 0) is 36.8 Å². The Kier molecular flexibility index (Phi) is 3.50. The van der Waals surface area contributed by atoms with Crippen LogP contribution in [0.2, 0.25) is 5.02 Å². The fourth-order valence-corrected chi connectivity index (χ4v) is 3.06. The second kappa shape index (κ2) is 5.14. The molecule has 1 N–H and O–H groups in total. The van der Waals surface area contributed by atoms with Crippen molar-refractivity contribution in [1.29, 1.82) is 0 Å². The quantitative estimate of drug-likeness (QED) is 0.904. The van der Waals surface area contributed by atoms with Gasteiger partial charge in [-0.2, -0.15) is 0 Å². The van der Waals surface area contributed by atoms with Gasteiger partial charge in [0.05, 0.1) is 10.7 Å². The number of fused-ring (bicyclic) bond motifs is 1. The van der Waals surface area contributed by atoms with Crippen LogP contribution in [-0.4, -0.2) is 15.9 Å². The summed E-state index contributed by atoms with van der Waals surface area (Å²) in [5.41, 5.74) is 2.59. The smallest absolute Gasteiger partial charge is 0.137 e. The van der Waals surface area contributed by atoms with E-state index in [0.29, 0.717) is 5.41 Å². The molecule has 0 unspecified atom stereocenters. The highest BCUT2D eigenvalue weighted by Crippen LogP contribution is 2.43. The summed E-state index contributed by atoms with van der Waals surface area (Å²) in [6, 6.07) is 3.83. The van der Waals surface area contributed by atoms with Crippen molar-refractivity contribution in [2.45, 2.75) is 39.2 Å². The van der Waals surface area contributed by atoms with Crippen molar-refractivity contribution in [3.05, 3.63) is 35.2 Å². The highest BCUT2D eigenvalue weighted by Gasteiger charge is 2.34. The lowest BCUT2D eigenvalue weighted by molar-refractivity contribution is 0.123. The molecule has 2 aromatic rings. The normalized spacial score (nSPS) is 17.6. The molecule has 2 aromatic heterocycles. The molecule has 0 spiro atoms. The van der Waals surface area contributed by atoms with Crippen molar-refractivity contribution >= 4 is 17.2 Å². The minimum atomic E-state index is 0.558. The number of halogens is 1. The van der Waals surface area contributed by atoms with E-state index >= 15 is 0 Å². The first-order valence-corrected chi connectivity index (χ1v) is 7.42. The van der Waals surface area contributed by atoms with Crippen molar-refractivity contribution in [2.75, 3.05) is 6.54 Å². The molecule has 1 aliphatic rings. The summed E-state index contributed by atoms with van der Waals surface area (Å²) in [6.45, 7) is 4.24. The lowest BCUT2D eigenvalue weighted by atomic mass is 9.67. The summed E-state index contributed by atoms with van der Waals surface area (Å²) in [4.78, 5) is 4.58. The van der Waals surface area contributed by atoms with Crippen LogP contribution in [0, 0.1) is 5.41 Å². The topological polar surface area (TPSA) is 29.3 Å². The van der Waals surface area contributed by atoms with Crippen LogP contribution in [0.1, 0.15) is 38.3 Å². The first kappa shape index (κ1) is 12.9. The molecule has 1 aliphatic carbocycles. The first-order valence-electron chi connectivity index (χ1n) is 7.05. The highest BCUT2D eigenvalue weighted by molar-refractivity contribution is 6.30. The Morgan fingerprint density at radius 1 is 1.37 bits per heavy atom. The number of pyridine rings is 1. The maximum atomic E-state index is 5.97. The van der Waals surface area contributed by atoms with Gasteiger partial charge in [-0.25, -0.2) is 4.98 Å². The summed E-state index contributed by atoms with van der Waals surface area (Å²) in [6.07, 6.45) is 9.36. The van der Waals surface area contributed by atoms with Gasteiger partial charge in [0, 0.05) is 25.5 Å². The molecule has 1 fully saturated rings. The number of hydrogen-bond acceptors (Lipinski definition) is 2. The monoisotopic (exact) mass is 277 g/mol. The molecule has 102 valence electrons. The van der Waals surface area contributed by atoms with Crippen molar-refractivity contribution in [1.82, 2.24) is 14.7 Å². The van der Waals surface area contributed by atoms with Crippen molar-refractivity contribution < 1.29 is 0 Å². The maximum Gasteiger partial charge on any atom is 0.137 e. The predicted octanol–water partition coefficient (Wildman–Crippen LogP) is 3.66. The zero-order valence-electron chi connectivity index (χ0n) is 11.3. The van der Waals surface area contributed by atoms with E-state index in [1.165, 1.54) is 25.7 Å². The number of nitrogens with zero attached hydrogens (tertiary/aromatic N) is 2. The molecule has 0 saturated heterocycles. The van der Waals surface area contributed by atoms with E-state index in [1.807, 2.05) is 28.9 Å². The van der Waals surface area contributed by atoms with Gasteiger partial charge in [0.25, 0.3) is 0 Å². The minimum absolute atomic E-state index is 0.558.